The Bertz CT molecular complexity index is 937. The minimum Gasteiger partial charge on any atom is -0.368 e. The summed E-state index contributed by atoms with van der Waals surface area (Å²) in [6, 6.07) is 15.7. The predicted molar refractivity (Wildman–Crippen MR) is 100 cm³/mol. The van der Waals surface area contributed by atoms with Gasteiger partial charge in [0.2, 0.25) is 5.91 Å². The summed E-state index contributed by atoms with van der Waals surface area (Å²) in [6.45, 7) is 0. The van der Waals surface area contributed by atoms with Crippen molar-refractivity contribution in [1.29, 1.82) is 0 Å². The van der Waals surface area contributed by atoms with Crippen molar-refractivity contribution >= 4 is 38.6 Å². The van der Waals surface area contributed by atoms with E-state index in [0.717, 1.165) is 20.9 Å². The van der Waals surface area contributed by atoms with Crippen LogP contribution in [-0.2, 0) is 11.2 Å². The largest absolute Gasteiger partial charge is 0.368 e. The number of nitrogens with one attached hydrogen (secondary N) is 1. The molecule has 2 amide bonds. The van der Waals surface area contributed by atoms with Gasteiger partial charge in [-0.3, -0.25) is 14.6 Å². The molecule has 126 valence electrons. The van der Waals surface area contributed by atoms with Crippen molar-refractivity contribution in [3.63, 3.8) is 0 Å². The molecule has 3 rings (SSSR count). The molecule has 0 radical (unpaired) electrons. The van der Waals surface area contributed by atoms with Crippen LogP contribution in [-0.4, -0.2) is 22.8 Å². The normalized spacial score (nSPS) is 11.9. The maximum absolute atomic E-state index is 12.7. The molecular weight excluding hydrogens is 382 g/mol. The molecule has 3 aromatic rings. The van der Waals surface area contributed by atoms with E-state index < -0.39 is 11.9 Å². The monoisotopic (exact) mass is 397 g/mol. The van der Waals surface area contributed by atoms with E-state index in [4.69, 9.17) is 5.73 Å². The molecule has 2 aromatic carbocycles. The Morgan fingerprint density at radius 2 is 1.92 bits per heavy atom. The van der Waals surface area contributed by atoms with Gasteiger partial charge in [0.25, 0.3) is 5.91 Å². The molecule has 1 heterocycles. The summed E-state index contributed by atoms with van der Waals surface area (Å²) in [6.07, 6.45) is 1.90. The summed E-state index contributed by atoms with van der Waals surface area (Å²) in [7, 11) is 0. The lowest BCUT2D eigenvalue weighted by atomic mass is 10.0. The van der Waals surface area contributed by atoms with Crippen LogP contribution in [0, 0.1) is 0 Å². The molecule has 0 saturated carbocycles. The Hall–Kier alpha value is -2.73. The van der Waals surface area contributed by atoms with E-state index in [1.54, 1.807) is 12.3 Å². The van der Waals surface area contributed by atoms with Crippen molar-refractivity contribution in [2.45, 2.75) is 12.5 Å². The lowest BCUT2D eigenvalue weighted by molar-refractivity contribution is -0.119. The molecule has 6 heteroatoms. The zero-order chi connectivity index (χ0) is 17.8. The maximum atomic E-state index is 12.7. The number of para-hydroxylation sites is 1. The second kappa shape index (κ2) is 7.44. The highest BCUT2D eigenvalue weighted by atomic mass is 79.9. The standard InChI is InChI=1S/C19H16BrN3O2/c20-13-5-3-4-12(10-13)11-17(18(21)24)23-19(25)15-8-9-22-16-7-2-1-6-14(15)16/h1-10,17H,11H2,(H2,21,24)(H,23,25)/t17-/m0/s1. The first-order chi connectivity index (χ1) is 12.0. The third-order valence-corrected chi connectivity index (χ3v) is 4.36. The molecule has 0 aliphatic rings. The summed E-state index contributed by atoms with van der Waals surface area (Å²) in [5.41, 5.74) is 7.57. The van der Waals surface area contributed by atoms with Crippen molar-refractivity contribution in [1.82, 2.24) is 10.3 Å². The number of amides is 2. The zero-order valence-corrected chi connectivity index (χ0v) is 14.9. The summed E-state index contributed by atoms with van der Waals surface area (Å²) >= 11 is 3.39. The lowest BCUT2D eigenvalue weighted by Gasteiger charge is -2.16. The van der Waals surface area contributed by atoms with Gasteiger partial charge in [-0.25, -0.2) is 0 Å². The Labute approximate surface area is 153 Å². The van der Waals surface area contributed by atoms with E-state index >= 15 is 0 Å². The fourth-order valence-electron chi connectivity index (χ4n) is 2.65. The van der Waals surface area contributed by atoms with Crippen LogP contribution in [0.2, 0.25) is 0 Å². The summed E-state index contributed by atoms with van der Waals surface area (Å²) in [5, 5.41) is 3.47. The van der Waals surface area contributed by atoms with E-state index in [1.807, 2.05) is 48.5 Å². The van der Waals surface area contributed by atoms with Crippen molar-refractivity contribution in [3.05, 3.63) is 76.4 Å². The molecule has 5 nitrogen and oxygen atoms in total. The Morgan fingerprint density at radius 3 is 2.68 bits per heavy atom. The highest BCUT2D eigenvalue weighted by molar-refractivity contribution is 9.10. The van der Waals surface area contributed by atoms with Gasteiger partial charge in [-0.1, -0.05) is 46.3 Å². The molecule has 25 heavy (non-hydrogen) atoms. The summed E-state index contributed by atoms with van der Waals surface area (Å²) in [5.74, 6) is -0.927. The fourth-order valence-corrected chi connectivity index (χ4v) is 3.10. The molecule has 0 unspecified atom stereocenters. The van der Waals surface area contributed by atoms with Crippen LogP contribution in [0.15, 0.2) is 65.3 Å². The van der Waals surface area contributed by atoms with Crippen LogP contribution in [0.4, 0.5) is 0 Å². The van der Waals surface area contributed by atoms with E-state index in [0.29, 0.717) is 12.0 Å². The SMILES string of the molecule is NC(=O)[C@H](Cc1cccc(Br)c1)NC(=O)c1ccnc2ccccc12. The minimum absolute atomic E-state index is 0.323. The van der Waals surface area contributed by atoms with Gasteiger partial charge < -0.3 is 11.1 Å². The van der Waals surface area contributed by atoms with E-state index in [-0.39, 0.29) is 5.91 Å². The number of hydrogen-bond acceptors (Lipinski definition) is 3. The van der Waals surface area contributed by atoms with E-state index in [2.05, 4.69) is 26.2 Å². The number of primary amides is 1. The number of nitrogens with two attached hydrogens (primary N) is 1. The number of nitrogens with zero attached hydrogens (tertiary/aromatic N) is 1. The number of carbonyl (C=O) groups is 2. The van der Waals surface area contributed by atoms with E-state index in [1.165, 1.54) is 0 Å². The number of hydrogen-bond donors (Lipinski definition) is 2. The molecule has 0 bridgehead atoms. The number of rotatable bonds is 5. The molecular formula is C19H16BrN3O2. The molecule has 0 aliphatic heterocycles. The Kier molecular flexibility index (Phi) is 5.09. The fraction of sp³-hybridized carbons (Fsp3) is 0.105. The topological polar surface area (TPSA) is 85.1 Å². The highest BCUT2D eigenvalue weighted by Crippen LogP contribution is 2.17. The van der Waals surface area contributed by atoms with Gasteiger partial charge >= 0.3 is 0 Å². The van der Waals surface area contributed by atoms with Crippen LogP contribution < -0.4 is 11.1 Å². The molecule has 0 spiro atoms. The van der Waals surface area contributed by atoms with Gasteiger partial charge in [0.15, 0.2) is 0 Å². The molecule has 1 atom stereocenters. The smallest absolute Gasteiger partial charge is 0.252 e. The number of aromatic nitrogens is 1. The van der Waals surface area contributed by atoms with Crippen LogP contribution >= 0.6 is 15.9 Å². The van der Waals surface area contributed by atoms with Gasteiger partial charge in [0, 0.05) is 22.5 Å². The average Bonchev–Trinajstić information content (AvgIpc) is 2.60. The van der Waals surface area contributed by atoms with Gasteiger partial charge in [-0.05, 0) is 29.8 Å². The van der Waals surface area contributed by atoms with Gasteiger partial charge in [0.1, 0.15) is 6.04 Å². The van der Waals surface area contributed by atoms with Gasteiger partial charge in [-0.2, -0.15) is 0 Å². The number of fused-ring (bicyclic) bond motifs is 1. The first-order valence-electron chi connectivity index (χ1n) is 7.73. The zero-order valence-electron chi connectivity index (χ0n) is 13.3. The van der Waals surface area contributed by atoms with Gasteiger partial charge in [0.05, 0.1) is 11.1 Å². The molecule has 0 aliphatic carbocycles. The van der Waals surface area contributed by atoms with Crippen LogP contribution in [0.25, 0.3) is 10.9 Å². The molecule has 3 N–H and O–H groups in total. The quantitative estimate of drug-likeness (QED) is 0.693. The molecule has 1 aromatic heterocycles. The third kappa shape index (κ3) is 4.03. The van der Waals surface area contributed by atoms with Crippen molar-refractivity contribution in [2.24, 2.45) is 5.73 Å². The van der Waals surface area contributed by atoms with Gasteiger partial charge in [-0.15, -0.1) is 0 Å². The predicted octanol–water partition coefficient (Wildman–Crippen LogP) is 2.82. The Morgan fingerprint density at radius 1 is 1.12 bits per heavy atom. The van der Waals surface area contributed by atoms with Crippen molar-refractivity contribution in [2.75, 3.05) is 0 Å². The first kappa shape index (κ1) is 17.1. The van der Waals surface area contributed by atoms with Crippen molar-refractivity contribution in [3.8, 4) is 0 Å². The van der Waals surface area contributed by atoms with Crippen LogP contribution in [0.5, 0.6) is 0 Å². The Balaban J connectivity index is 1.84. The number of carbonyl (C=O) groups excluding carboxylic acids is 2. The number of halogens is 1. The number of benzene rings is 2. The summed E-state index contributed by atoms with van der Waals surface area (Å²) in [4.78, 5) is 28.7. The van der Waals surface area contributed by atoms with Crippen molar-refractivity contribution < 1.29 is 9.59 Å². The minimum atomic E-state index is -0.797. The van der Waals surface area contributed by atoms with E-state index in [9.17, 15) is 9.59 Å². The second-order valence-electron chi connectivity index (χ2n) is 5.64. The molecule has 0 fully saturated rings. The molecule has 0 saturated heterocycles. The third-order valence-electron chi connectivity index (χ3n) is 3.87. The lowest BCUT2D eigenvalue weighted by Crippen LogP contribution is -2.45. The number of pyridine rings is 1. The highest BCUT2D eigenvalue weighted by Gasteiger charge is 2.20. The van der Waals surface area contributed by atoms with Crippen LogP contribution in [0.3, 0.4) is 0 Å². The first-order valence-corrected chi connectivity index (χ1v) is 8.52. The van der Waals surface area contributed by atoms with Crippen LogP contribution in [0.1, 0.15) is 15.9 Å². The summed E-state index contributed by atoms with van der Waals surface area (Å²) < 4.78 is 0.902. The average molecular weight is 398 g/mol. The maximum Gasteiger partial charge on any atom is 0.252 e. The second-order valence-corrected chi connectivity index (χ2v) is 6.55.